The van der Waals surface area contributed by atoms with Crippen molar-refractivity contribution in [1.82, 2.24) is 4.98 Å². The SMILES string of the molecule is CC[C@@H](N)c1ccc(Oc2ccc(C(C)C)c(C)c2)cn1. The molecule has 0 aliphatic heterocycles. The maximum atomic E-state index is 5.96. The minimum absolute atomic E-state index is 0.00776. The van der Waals surface area contributed by atoms with Gasteiger partial charge in [-0.25, -0.2) is 0 Å². The van der Waals surface area contributed by atoms with Crippen LogP contribution in [-0.2, 0) is 0 Å². The summed E-state index contributed by atoms with van der Waals surface area (Å²) in [5, 5.41) is 0. The molecule has 0 amide bonds. The fraction of sp³-hybridized carbons (Fsp3) is 0.389. The van der Waals surface area contributed by atoms with Gasteiger partial charge in [-0.15, -0.1) is 0 Å². The Bertz CT molecular complexity index is 591. The monoisotopic (exact) mass is 284 g/mol. The van der Waals surface area contributed by atoms with Crippen molar-refractivity contribution in [3.05, 3.63) is 53.3 Å². The first-order valence-electron chi connectivity index (χ1n) is 7.51. The molecule has 21 heavy (non-hydrogen) atoms. The lowest BCUT2D eigenvalue weighted by Crippen LogP contribution is -2.10. The zero-order valence-electron chi connectivity index (χ0n) is 13.3. The molecule has 3 heteroatoms. The summed E-state index contributed by atoms with van der Waals surface area (Å²) in [6.07, 6.45) is 2.61. The summed E-state index contributed by atoms with van der Waals surface area (Å²) in [6.45, 7) is 8.56. The predicted molar refractivity (Wildman–Crippen MR) is 86.8 cm³/mol. The number of pyridine rings is 1. The number of rotatable bonds is 5. The van der Waals surface area contributed by atoms with E-state index >= 15 is 0 Å². The molecule has 0 saturated carbocycles. The second kappa shape index (κ2) is 6.72. The number of aryl methyl sites for hydroxylation is 1. The van der Waals surface area contributed by atoms with Crippen LogP contribution in [-0.4, -0.2) is 4.98 Å². The molecule has 0 saturated heterocycles. The van der Waals surface area contributed by atoms with Crippen LogP contribution in [0.25, 0.3) is 0 Å². The van der Waals surface area contributed by atoms with Gasteiger partial charge in [0.2, 0.25) is 0 Å². The minimum atomic E-state index is -0.00776. The third-order valence-corrected chi connectivity index (χ3v) is 3.68. The van der Waals surface area contributed by atoms with E-state index < -0.39 is 0 Å². The number of aromatic nitrogens is 1. The van der Waals surface area contributed by atoms with E-state index in [1.54, 1.807) is 6.20 Å². The van der Waals surface area contributed by atoms with E-state index in [0.29, 0.717) is 5.92 Å². The summed E-state index contributed by atoms with van der Waals surface area (Å²) < 4.78 is 5.86. The molecule has 2 rings (SSSR count). The van der Waals surface area contributed by atoms with E-state index in [2.05, 4.69) is 44.8 Å². The smallest absolute Gasteiger partial charge is 0.145 e. The molecule has 1 atom stereocenters. The molecular formula is C18H24N2O. The van der Waals surface area contributed by atoms with E-state index in [4.69, 9.17) is 10.5 Å². The van der Waals surface area contributed by atoms with Crippen molar-refractivity contribution in [3.63, 3.8) is 0 Å². The maximum Gasteiger partial charge on any atom is 0.145 e. The number of nitrogens with two attached hydrogens (primary N) is 1. The van der Waals surface area contributed by atoms with Crippen LogP contribution in [0.3, 0.4) is 0 Å². The summed E-state index contributed by atoms with van der Waals surface area (Å²) in [4.78, 5) is 4.36. The lowest BCUT2D eigenvalue weighted by atomic mass is 9.98. The van der Waals surface area contributed by atoms with Crippen LogP contribution in [0, 0.1) is 6.92 Å². The third-order valence-electron chi connectivity index (χ3n) is 3.68. The number of nitrogens with zero attached hydrogens (tertiary/aromatic N) is 1. The fourth-order valence-electron chi connectivity index (χ4n) is 2.38. The quantitative estimate of drug-likeness (QED) is 0.864. The van der Waals surface area contributed by atoms with Gasteiger partial charge < -0.3 is 10.5 Å². The van der Waals surface area contributed by atoms with E-state index in [0.717, 1.165) is 23.6 Å². The van der Waals surface area contributed by atoms with Crippen LogP contribution in [0.15, 0.2) is 36.5 Å². The molecule has 2 N–H and O–H groups in total. The zero-order chi connectivity index (χ0) is 15.4. The molecule has 0 radical (unpaired) electrons. The number of benzene rings is 1. The third kappa shape index (κ3) is 3.82. The Kier molecular flexibility index (Phi) is 4.97. The topological polar surface area (TPSA) is 48.1 Å². The molecular weight excluding hydrogens is 260 g/mol. The second-order valence-corrected chi connectivity index (χ2v) is 5.71. The van der Waals surface area contributed by atoms with Gasteiger partial charge in [-0.2, -0.15) is 0 Å². The largest absolute Gasteiger partial charge is 0.456 e. The van der Waals surface area contributed by atoms with Crippen molar-refractivity contribution in [3.8, 4) is 11.5 Å². The average molecular weight is 284 g/mol. The lowest BCUT2D eigenvalue weighted by molar-refractivity contribution is 0.478. The summed E-state index contributed by atoms with van der Waals surface area (Å²) in [6, 6.07) is 10.0. The Labute approximate surface area is 127 Å². The Morgan fingerprint density at radius 3 is 2.38 bits per heavy atom. The summed E-state index contributed by atoms with van der Waals surface area (Å²) in [5.41, 5.74) is 9.46. The normalized spacial score (nSPS) is 12.5. The van der Waals surface area contributed by atoms with Gasteiger partial charge in [0.15, 0.2) is 0 Å². The first kappa shape index (κ1) is 15.5. The maximum absolute atomic E-state index is 5.96. The van der Waals surface area contributed by atoms with Crippen LogP contribution in [0.5, 0.6) is 11.5 Å². The highest BCUT2D eigenvalue weighted by molar-refractivity contribution is 5.38. The van der Waals surface area contributed by atoms with Gasteiger partial charge in [-0.1, -0.05) is 26.8 Å². The van der Waals surface area contributed by atoms with Crippen molar-refractivity contribution in [1.29, 1.82) is 0 Å². The molecule has 2 aromatic rings. The summed E-state index contributed by atoms with van der Waals surface area (Å²) >= 11 is 0. The molecule has 3 nitrogen and oxygen atoms in total. The van der Waals surface area contributed by atoms with E-state index in [9.17, 15) is 0 Å². The van der Waals surface area contributed by atoms with Crippen LogP contribution >= 0.6 is 0 Å². The van der Waals surface area contributed by atoms with Crippen molar-refractivity contribution < 1.29 is 4.74 Å². The fourth-order valence-corrected chi connectivity index (χ4v) is 2.38. The molecule has 0 spiro atoms. The van der Waals surface area contributed by atoms with Crippen molar-refractivity contribution >= 4 is 0 Å². The van der Waals surface area contributed by atoms with Crippen molar-refractivity contribution in [2.45, 2.75) is 46.1 Å². The molecule has 0 aliphatic rings. The van der Waals surface area contributed by atoms with E-state index in [-0.39, 0.29) is 6.04 Å². The Morgan fingerprint density at radius 1 is 1.14 bits per heavy atom. The summed E-state index contributed by atoms with van der Waals surface area (Å²) in [7, 11) is 0. The molecule has 0 fully saturated rings. The van der Waals surface area contributed by atoms with Crippen LogP contribution in [0.2, 0.25) is 0 Å². The molecule has 112 valence electrons. The van der Waals surface area contributed by atoms with E-state index in [1.807, 2.05) is 18.2 Å². The van der Waals surface area contributed by atoms with Gasteiger partial charge in [0.1, 0.15) is 11.5 Å². The first-order valence-corrected chi connectivity index (χ1v) is 7.51. The number of hydrogen-bond donors (Lipinski definition) is 1. The number of hydrogen-bond acceptors (Lipinski definition) is 3. The van der Waals surface area contributed by atoms with Gasteiger partial charge >= 0.3 is 0 Å². The highest BCUT2D eigenvalue weighted by Crippen LogP contribution is 2.27. The molecule has 1 heterocycles. The Morgan fingerprint density at radius 2 is 1.86 bits per heavy atom. The summed E-state index contributed by atoms with van der Waals surface area (Å²) in [5.74, 6) is 2.10. The standard InChI is InChI=1S/C18H24N2O/c1-5-17(19)18-9-7-15(11-20-18)21-14-6-8-16(12(2)3)13(4)10-14/h6-12,17H,5,19H2,1-4H3/t17-/m1/s1. The molecule has 0 aliphatic carbocycles. The number of ether oxygens (including phenoxy) is 1. The molecule has 1 aromatic heterocycles. The lowest BCUT2D eigenvalue weighted by Gasteiger charge is -2.13. The Hall–Kier alpha value is -1.87. The highest BCUT2D eigenvalue weighted by atomic mass is 16.5. The van der Waals surface area contributed by atoms with Crippen molar-refractivity contribution in [2.24, 2.45) is 5.73 Å². The van der Waals surface area contributed by atoms with Crippen LogP contribution in [0.1, 0.15) is 56.0 Å². The van der Waals surface area contributed by atoms with Crippen molar-refractivity contribution in [2.75, 3.05) is 0 Å². The van der Waals surface area contributed by atoms with Crippen LogP contribution in [0.4, 0.5) is 0 Å². The zero-order valence-corrected chi connectivity index (χ0v) is 13.3. The average Bonchev–Trinajstić information content (AvgIpc) is 2.47. The van der Waals surface area contributed by atoms with Crippen LogP contribution < -0.4 is 10.5 Å². The van der Waals surface area contributed by atoms with Gasteiger partial charge in [-0.3, -0.25) is 4.98 Å². The Balaban J connectivity index is 2.13. The minimum Gasteiger partial charge on any atom is -0.456 e. The van der Waals surface area contributed by atoms with E-state index in [1.165, 1.54) is 11.1 Å². The molecule has 1 aromatic carbocycles. The first-order chi connectivity index (χ1) is 10.0. The van der Waals surface area contributed by atoms with Gasteiger partial charge in [-0.05, 0) is 54.7 Å². The molecule has 0 unspecified atom stereocenters. The predicted octanol–water partition coefficient (Wildman–Crippen LogP) is 4.72. The molecule has 0 bridgehead atoms. The van der Waals surface area contributed by atoms with Gasteiger partial charge in [0, 0.05) is 6.04 Å². The highest BCUT2D eigenvalue weighted by Gasteiger charge is 2.07. The van der Waals surface area contributed by atoms with Gasteiger partial charge in [0.05, 0.1) is 11.9 Å². The second-order valence-electron chi connectivity index (χ2n) is 5.71. The van der Waals surface area contributed by atoms with Gasteiger partial charge in [0.25, 0.3) is 0 Å².